The monoisotopic (exact) mass is 383 g/mol. The van der Waals surface area contributed by atoms with Gasteiger partial charge in [-0.3, -0.25) is 0 Å². The minimum Gasteiger partial charge on any atom is -0.406 e. The van der Waals surface area contributed by atoms with E-state index in [9.17, 15) is 13.2 Å². The molecule has 148 valence electrons. The van der Waals surface area contributed by atoms with E-state index in [4.69, 9.17) is 0 Å². The molecule has 2 rings (SSSR count). The summed E-state index contributed by atoms with van der Waals surface area (Å²) in [5.41, 5.74) is 0.995. The Balaban J connectivity index is 2.32. The molecule has 0 saturated heterocycles. The van der Waals surface area contributed by atoms with Crippen molar-refractivity contribution in [3.63, 3.8) is 0 Å². The molecule has 0 radical (unpaired) electrons. The Labute approximate surface area is 156 Å². The zero-order valence-electron chi connectivity index (χ0n) is 15.8. The number of hydrogen-bond donors (Lipinski definition) is 2. The van der Waals surface area contributed by atoms with Crippen molar-refractivity contribution in [2.24, 2.45) is 0 Å². The summed E-state index contributed by atoms with van der Waals surface area (Å²) in [5.74, 6) is 0.697. The zero-order chi connectivity index (χ0) is 20.0. The molecule has 1 aromatic heterocycles. The van der Waals surface area contributed by atoms with Gasteiger partial charge in [-0.15, -0.1) is 13.2 Å². The summed E-state index contributed by atoms with van der Waals surface area (Å²) >= 11 is 0. The summed E-state index contributed by atoms with van der Waals surface area (Å²) in [5, 5.41) is 6.33. The minimum absolute atomic E-state index is 0.141. The van der Waals surface area contributed by atoms with E-state index in [1.54, 1.807) is 12.1 Å². The van der Waals surface area contributed by atoms with Crippen molar-refractivity contribution in [1.82, 2.24) is 14.9 Å². The number of likely N-dealkylation sites (N-methyl/N-ethyl adjacent to an activating group) is 1. The van der Waals surface area contributed by atoms with Crippen LogP contribution in [0.1, 0.15) is 13.8 Å². The number of ether oxygens (including phenoxy) is 1. The Hall–Kier alpha value is -2.55. The van der Waals surface area contributed by atoms with Crippen molar-refractivity contribution in [2.75, 3.05) is 37.8 Å². The molecule has 1 aromatic carbocycles. The number of alkyl halides is 3. The predicted molar refractivity (Wildman–Crippen MR) is 100.0 cm³/mol. The molecule has 27 heavy (non-hydrogen) atoms. The van der Waals surface area contributed by atoms with Crippen LogP contribution < -0.4 is 15.4 Å². The number of hydrogen-bond acceptors (Lipinski definition) is 6. The molecule has 0 bridgehead atoms. The second kappa shape index (κ2) is 8.90. The van der Waals surface area contributed by atoms with Crippen molar-refractivity contribution < 1.29 is 17.9 Å². The summed E-state index contributed by atoms with van der Waals surface area (Å²) in [7, 11) is 3.91. The molecule has 2 aromatic rings. The van der Waals surface area contributed by atoms with Gasteiger partial charge in [0, 0.05) is 30.8 Å². The minimum atomic E-state index is -4.74. The molecule has 0 aliphatic heterocycles. The predicted octanol–water partition coefficient (Wildman–Crippen LogP) is 3.84. The first-order valence-corrected chi connectivity index (χ1v) is 8.53. The first-order valence-electron chi connectivity index (χ1n) is 8.53. The zero-order valence-corrected chi connectivity index (χ0v) is 15.8. The van der Waals surface area contributed by atoms with Crippen LogP contribution in [-0.2, 0) is 0 Å². The Morgan fingerprint density at radius 1 is 1.15 bits per heavy atom. The van der Waals surface area contributed by atoms with Crippen LogP contribution in [0.25, 0.3) is 11.3 Å². The van der Waals surface area contributed by atoms with Gasteiger partial charge >= 0.3 is 6.36 Å². The normalized spacial score (nSPS) is 11.7. The number of aromatic nitrogens is 2. The molecule has 9 heteroatoms. The molecule has 0 saturated carbocycles. The second-order valence-electron chi connectivity index (χ2n) is 6.57. The van der Waals surface area contributed by atoms with Gasteiger partial charge in [-0.05, 0) is 40.1 Å². The fourth-order valence-corrected chi connectivity index (χ4v) is 2.29. The van der Waals surface area contributed by atoms with Crippen molar-refractivity contribution in [3.8, 4) is 17.0 Å². The number of nitrogens with one attached hydrogen (secondary N) is 2. The number of benzene rings is 1. The largest absolute Gasteiger partial charge is 0.573 e. The Bertz CT molecular complexity index is 750. The second-order valence-corrected chi connectivity index (χ2v) is 6.57. The van der Waals surface area contributed by atoms with Crippen LogP contribution in [0.15, 0.2) is 30.3 Å². The van der Waals surface area contributed by atoms with Gasteiger partial charge in [0.15, 0.2) is 0 Å². The van der Waals surface area contributed by atoms with Crippen molar-refractivity contribution in [3.05, 3.63) is 30.3 Å². The SMILES string of the molecule is CC(C)Nc1cc(-c2cccc(OC(F)(F)F)c2)nc(NCCN(C)C)n1. The van der Waals surface area contributed by atoms with Gasteiger partial charge in [0.2, 0.25) is 5.95 Å². The molecular formula is C18H24F3N5O. The number of halogens is 3. The summed E-state index contributed by atoms with van der Waals surface area (Å²) in [6.45, 7) is 5.36. The molecule has 1 heterocycles. The van der Waals surface area contributed by atoms with Crippen LogP contribution in [0.2, 0.25) is 0 Å². The van der Waals surface area contributed by atoms with E-state index in [1.807, 2.05) is 32.8 Å². The third-order valence-corrected chi connectivity index (χ3v) is 3.37. The Morgan fingerprint density at radius 2 is 1.89 bits per heavy atom. The molecule has 6 nitrogen and oxygen atoms in total. The standard InChI is InChI=1S/C18H24F3N5O/c1-12(2)23-16-11-15(24-17(25-16)22-8-9-26(3)4)13-6-5-7-14(10-13)27-18(19,20)21/h5-7,10-12H,8-9H2,1-4H3,(H2,22,23,24,25). The lowest BCUT2D eigenvalue weighted by Crippen LogP contribution is -2.22. The first-order chi connectivity index (χ1) is 12.6. The van der Waals surface area contributed by atoms with Gasteiger partial charge in [0.05, 0.1) is 5.69 Å². The fraction of sp³-hybridized carbons (Fsp3) is 0.444. The Morgan fingerprint density at radius 3 is 2.52 bits per heavy atom. The van der Waals surface area contributed by atoms with E-state index in [0.29, 0.717) is 29.6 Å². The molecule has 0 fully saturated rings. The Kier molecular flexibility index (Phi) is 6.84. The lowest BCUT2D eigenvalue weighted by Gasteiger charge is -2.15. The van der Waals surface area contributed by atoms with Crippen molar-refractivity contribution >= 4 is 11.8 Å². The van der Waals surface area contributed by atoms with E-state index in [1.165, 1.54) is 18.2 Å². The van der Waals surface area contributed by atoms with Crippen LogP contribution in [-0.4, -0.2) is 54.5 Å². The maximum Gasteiger partial charge on any atom is 0.573 e. The molecule has 0 spiro atoms. The van der Waals surface area contributed by atoms with Crippen LogP contribution >= 0.6 is 0 Å². The van der Waals surface area contributed by atoms with E-state index < -0.39 is 6.36 Å². The molecule has 2 N–H and O–H groups in total. The highest BCUT2D eigenvalue weighted by Crippen LogP contribution is 2.28. The number of anilines is 2. The smallest absolute Gasteiger partial charge is 0.406 e. The average Bonchev–Trinajstić information content (AvgIpc) is 2.52. The van der Waals surface area contributed by atoms with Crippen molar-refractivity contribution in [2.45, 2.75) is 26.3 Å². The van der Waals surface area contributed by atoms with E-state index in [0.717, 1.165) is 6.54 Å². The summed E-state index contributed by atoms with van der Waals surface area (Å²) in [6, 6.07) is 7.56. The van der Waals surface area contributed by atoms with Crippen LogP contribution in [0, 0.1) is 0 Å². The van der Waals surface area contributed by atoms with Gasteiger partial charge in [0.25, 0.3) is 0 Å². The third-order valence-electron chi connectivity index (χ3n) is 3.37. The quantitative estimate of drug-likeness (QED) is 0.722. The highest BCUT2D eigenvalue weighted by molar-refractivity contribution is 5.66. The fourth-order valence-electron chi connectivity index (χ4n) is 2.29. The molecule has 0 aliphatic carbocycles. The van der Waals surface area contributed by atoms with Gasteiger partial charge in [-0.2, -0.15) is 4.98 Å². The number of rotatable bonds is 8. The lowest BCUT2D eigenvalue weighted by atomic mass is 10.1. The summed E-state index contributed by atoms with van der Waals surface area (Å²) in [4.78, 5) is 10.9. The maximum absolute atomic E-state index is 12.5. The third kappa shape index (κ3) is 7.30. The summed E-state index contributed by atoms with van der Waals surface area (Å²) in [6.07, 6.45) is -4.74. The van der Waals surface area contributed by atoms with Gasteiger partial charge in [-0.1, -0.05) is 12.1 Å². The van der Waals surface area contributed by atoms with Gasteiger partial charge < -0.3 is 20.3 Å². The van der Waals surface area contributed by atoms with Crippen LogP contribution in [0.3, 0.4) is 0 Å². The average molecular weight is 383 g/mol. The van der Waals surface area contributed by atoms with E-state index in [-0.39, 0.29) is 11.8 Å². The summed E-state index contributed by atoms with van der Waals surface area (Å²) < 4.78 is 41.4. The lowest BCUT2D eigenvalue weighted by molar-refractivity contribution is -0.274. The van der Waals surface area contributed by atoms with E-state index in [2.05, 4.69) is 25.3 Å². The molecule has 0 unspecified atom stereocenters. The van der Waals surface area contributed by atoms with Crippen LogP contribution in [0.4, 0.5) is 24.9 Å². The molecule has 0 amide bonds. The van der Waals surface area contributed by atoms with Gasteiger partial charge in [-0.25, -0.2) is 4.98 Å². The highest BCUT2D eigenvalue weighted by atomic mass is 19.4. The topological polar surface area (TPSA) is 62.3 Å². The first kappa shape index (κ1) is 20.8. The molecule has 0 atom stereocenters. The van der Waals surface area contributed by atoms with Gasteiger partial charge in [0.1, 0.15) is 11.6 Å². The van der Waals surface area contributed by atoms with Crippen molar-refractivity contribution in [1.29, 1.82) is 0 Å². The molecule has 0 aliphatic rings. The van der Waals surface area contributed by atoms with Crippen LogP contribution in [0.5, 0.6) is 5.75 Å². The highest BCUT2D eigenvalue weighted by Gasteiger charge is 2.31. The molecular weight excluding hydrogens is 359 g/mol. The number of nitrogens with zero attached hydrogens (tertiary/aromatic N) is 3. The maximum atomic E-state index is 12.5. The van der Waals surface area contributed by atoms with E-state index >= 15 is 0 Å².